The summed E-state index contributed by atoms with van der Waals surface area (Å²) in [7, 11) is 4.71. The van der Waals surface area contributed by atoms with E-state index in [-0.39, 0.29) is 17.6 Å². The molecular weight excluding hydrogens is 344 g/mol. The fourth-order valence-corrected chi connectivity index (χ4v) is 5.02. The van der Waals surface area contributed by atoms with Crippen LogP contribution in [0.2, 0.25) is 0 Å². The molecule has 0 aromatic heterocycles. The van der Waals surface area contributed by atoms with Crippen molar-refractivity contribution in [3.05, 3.63) is 48.3 Å². The lowest BCUT2D eigenvalue weighted by Crippen LogP contribution is -2.48. The minimum atomic E-state index is -1.38. The minimum Gasteiger partial charge on any atom is -0.498 e. The number of ether oxygens (including phenoxy) is 3. The van der Waals surface area contributed by atoms with Crippen LogP contribution in [0.5, 0.6) is 11.5 Å². The second-order valence-electron chi connectivity index (χ2n) is 7.66. The lowest BCUT2D eigenvalue weighted by Gasteiger charge is -2.39. The number of carbonyl (C=O) groups excluding carboxylic acids is 1. The molecule has 1 fully saturated rings. The minimum absolute atomic E-state index is 0.0368. The van der Waals surface area contributed by atoms with Gasteiger partial charge >= 0.3 is 0 Å². The van der Waals surface area contributed by atoms with Gasteiger partial charge in [0.25, 0.3) is 0 Å². The third kappa shape index (κ3) is 2.59. The van der Waals surface area contributed by atoms with Crippen molar-refractivity contribution in [1.82, 2.24) is 0 Å². The van der Waals surface area contributed by atoms with Crippen LogP contribution in [-0.2, 0) is 9.53 Å². The normalized spacial score (nSPS) is 34.8. The molecule has 2 aliphatic rings. The summed E-state index contributed by atoms with van der Waals surface area (Å²) >= 11 is 0. The quantitative estimate of drug-likeness (QED) is 0.775. The predicted molar refractivity (Wildman–Crippen MR) is 103 cm³/mol. The van der Waals surface area contributed by atoms with Crippen molar-refractivity contribution in [2.45, 2.75) is 31.8 Å². The van der Waals surface area contributed by atoms with Crippen molar-refractivity contribution in [1.29, 1.82) is 0 Å². The van der Waals surface area contributed by atoms with Gasteiger partial charge in [0.05, 0.1) is 32.7 Å². The Hall–Kier alpha value is -2.27. The Labute approximate surface area is 160 Å². The van der Waals surface area contributed by atoms with Crippen molar-refractivity contribution >= 4 is 5.78 Å². The Morgan fingerprint density at radius 2 is 1.85 bits per heavy atom. The topological polar surface area (TPSA) is 65.0 Å². The molecule has 1 N–H and O–H groups in total. The Kier molecular flexibility index (Phi) is 4.85. The van der Waals surface area contributed by atoms with Gasteiger partial charge in [0.15, 0.2) is 17.3 Å². The molecule has 0 heterocycles. The fraction of sp³-hybridized carbons (Fsp3) is 0.500. The van der Waals surface area contributed by atoms with E-state index in [1.807, 2.05) is 24.3 Å². The van der Waals surface area contributed by atoms with Gasteiger partial charge in [-0.05, 0) is 43.0 Å². The van der Waals surface area contributed by atoms with Crippen LogP contribution < -0.4 is 9.47 Å². The summed E-state index contributed by atoms with van der Waals surface area (Å²) in [6.07, 6.45) is 4.10. The predicted octanol–water partition coefficient (Wildman–Crippen LogP) is 3.48. The lowest BCUT2D eigenvalue weighted by atomic mass is 9.69. The second-order valence-corrected chi connectivity index (χ2v) is 7.66. The van der Waals surface area contributed by atoms with Gasteiger partial charge in [0.1, 0.15) is 11.4 Å². The number of allylic oxidation sites excluding steroid dienone is 2. The molecule has 4 unspecified atom stereocenters. The summed E-state index contributed by atoms with van der Waals surface area (Å²) in [4.78, 5) is 13.5. The maximum absolute atomic E-state index is 13.5. The van der Waals surface area contributed by atoms with Gasteiger partial charge in [-0.1, -0.05) is 19.1 Å². The standard InChI is InChI=1S/C22H28O5/c1-7-10-22-12-17(27-6)21(3,24)19(20(22)23)18(13(22)2)14-8-9-15(25-4)16(11-14)26-5/h7-9,11-13,18-19,24H,1,10H2,2-6H3/t13?,18?,19?,21-,22?/m0/s1. The largest absolute Gasteiger partial charge is 0.498 e. The Morgan fingerprint density at radius 3 is 2.41 bits per heavy atom. The molecule has 0 radical (unpaired) electrons. The van der Waals surface area contributed by atoms with E-state index < -0.39 is 16.9 Å². The molecule has 0 saturated heterocycles. The maximum Gasteiger partial charge on any atom is 0.160 e. The third-order valence-corrected chi connectivity index (χ3v) is 6.44. The smallest absolute Gasteiger partial charge is 0.160 e. The third-order valence-electron chi connectivity index (χ3n) is 6.44. The van der Waals surface area contributed by atoms with E-state index in [1.54, 1.807) is 27.2 Å². The van der Waals surface area contributed by atoms with E-state index in [2.05, 4.69) is 13.5 Å². The summed E-state index contributed by atoms with van der Waals surface area (Å²) in [5.41, 5.74) is -1.16. The Balaban J connectivity index is 2.19. The Bertz CT molecular complexity index is 794. The first kappa shape index (κ1) is 19.5. The maximum atomic E-state index is 13.5. The summed E-state index contributed by atoms with van der Waals surface area (Å²) in [5.74, 6) is 0.897. The number of methoxy groups -OCH3 is 3. The number of aliphatic hydroxyl groups is 1. The first-order valence-corrected chi connectivity index (χ1v) is 9.15. The zero-order valence-corrected chi connectivity index (χ0v) is 16.6. The summed E-state index contributed by atoms with van der Waals surface area (Å²) in [5, 5.41) is 11.3. The highest BCUT2D eigenvalue weighted by molar-refractivity contribution is 5.96. The fourth-order valence-electron chi connectivity index (χ4n) is 5.02. The first-order chi connectivity index (χ1) is 12.8. The van der Waals surface area contributed by atoms with Crippen LogP contribution >= 0.6 is 0 Å². The average molecular weight is 372 g/mol. The van der Waals surface area contributed by atoms with E-state index in [1.165, 1.54) is 7.11 Å². The molecule has 1 aromatic carbocycles. The number of carbonyl (C=O) groups is 1. The molecule has 5 atom stereocenters. The van der Waals surface area contributed by atoms with Crippen molar-refractivity contribution in [2.75, 3.05) is 21.3 Å². The molecule has 2 aliphatic carbocycles. The molecule has 27 heavy (non-hydrogen) atoms. The summed E-state index contributed by atoms with van der Waals surface area (Å²) in [6.45, 7) is 7.57. The van der Waals surface area contributed by atoms with Crippen LogP contribution in [0.25, 0.3) is 0 Å². The molecule has 5 nitrogen and oxygen atoms in total. The first-order valence-electron chi connectivity index (χ1n) is 9.15. The van der Waals surface area contributed by atoms with Crippen LogP contribution in [0, 0.1) is 17.3 Å². The van der Waals surface area contributed by atoms with Crippen LogP contribution in [0.15, 0.2) is 42.7 Å². The van der Waals surface area contributed by atoms with E-state index in [9.17, 15) is 9.90 Å². The highest BCUT2D eigenvalue weighted by Crippen LogP contribution is 2.62. The molecule has 0 aliphatic heterocycles. The molecule has 3 rings (SSSR count). The average Bonchev–Trinajstić information content (AvgIpc) is 2.83. The number of hydrogen-bond donors (Lipinski definition) is 1. The van der Waals surface area contributed by atoms with Crippen molar-refractivity contribution < 1.29 is 24.1 Å². The number of benzene rings is 1. The van der Waals surface area contributed by atoms with Gasteiger partial charge in [-0.15, -0.1) is 6.58 Å². The highest BCUT2D eigenvalue weighted by Gasteiger charge is 2.66. The van der Waals surface area contributed by atoms with Crippen molar-refractivity contribution in [3.8, 4) is 11.5 Å². The van der Waals surface area contributed by atoms with Gasteiger partial charge in [0.2, 0.25) is 0 Å². The SMILES string of the molecule is C=CCC12C=C(OC)[C@](C)(O)C(C1=O)C(c1ccc(OC)c(OC)c1)C2C. The monoisotopic (exact) mass is 372 g/mol. The van der Waals surface area contributed by atoms with Crippen LogP contribution in [0.4, 0.5) is 0 Å². The van der Waals surface area contributed by atoms with Gasteiger partial charge in [-0.25, -0.2) is 0 Å². The molecule has 2 bridgehead atoms. The van der Waals surface area contributed by atoms with E-state index in [0.717, 1.165) is 5.56 Å². The number of rotatable bonds is 6. The van der Waals surface area contributed by atoms with Gasteiger partial charge < -0.3 is 19.3 Å². The molecule has 1 aromatic rings. The van der Waals surface area contributed by atoms with Gasteiger partial charge in [-0.2, -0.15) is 0 Å². The van der Waals surface area contributed by atoms with Crippen molar-refractivity contribution in [3.63, 3.8) is 0 Å². The number of fused-ring (bicyclic) bond motifs is 2. The van der Waals surface area contributed by atoms with Crippen molar-refractivity contribution in [2.24, 2.45) is 17.3 Å². The zero-order valence-electron chi connectivity index (χ0n) is 16.6. The molecule has 5 heteroatoms. The van der Waals surface area contributed by atoms with Crippen LogP contribution in [0.1, 0.15) is 31.7 Å². The summed E-state index contributed by atoms with van der Waals surface area (Å²) in [6, 6.07) is 5.69. The van der Waals surface area contributed by atoms with Gasteiger partial charge in [-0.3, -0.25) is 4.79 Å². The van der Waals surface area contributed by atoms with Crippen LogP contribution in [0.3, 0.4) is 0 Å². The van der Waals surface area contributed by atoms with Crippen LogP contribution in [-0.4, -0.2) is 37.8 Å². The number of Topliss-reactive ketones (excluding diaryl/α,β-unsaturated/α-hetero) is 1. The molecular formula is C22H28O5. The molecule has 0 spiro atoms. The Morgan fingerprint density at radius 1 is 1.19 bits per heavy atom. The van der Waals surface area contributed by atoms with Gasteiger partial charge in [0, 0.05) is 5.92 Å². The molecule has 0 amide bonds. The zero-order chi connectivity index (χ0) is 20.0. The second kappa shape index (κ2) is 6.71. The van der Waals surface area contributed by atoms with E-state index in [4.69, 9.17) is 14.2 Å². The number of hydrogen-bond acceptors (Lipinski definition) is 5. The molecule has 1 saturated carbocycles. The summed E-state index contributed by atoms with van der Waals surface area (Å²) < 4.78 is 16.3. The van der Waals surface area contributed by atoms with E-state index >= 15 is 0 Å². The highest BCUT2D eigenvalue weighted by atomic mass is 16.5. The van der Waals surface area contributed by atoms with E-state index in [0.29, 0.717) is 23.7 Å². The lowest BCUT2D eigenvalue weighted by molar-refractivity contribution is -0.137. The number of ketones is 1. The molecule has 146 valence electrons.